The first kappa shape index (κ1) is 19.9. The minimum Gasteiger partial charge on any atom is -0.349 e. The van der Waals surface area contributed by atoms with E-state index < -0.39 is 0 Å². The maximum atomic E-state index is 6.43. The van der Waals surface area contributed by atoms with Crippen LogP contribution in [0.4, 0.5) is 0 Å². The van der Waals surface area contributed by atoms with Crippen LogP contribution in [0.2, 0.25) is 0 Å². The normalized spacial score (nSPS) is 44.0. The summed E-state index contributed by atoms with van der Waals surface area (Å²) in [6, 6.07) is 0. The molecule has 0 amide bonds. The quantitative estimate of drug-likeness (QED) is 0.534. The van der Waals surface area contributed by atoms with E-state index in [1.54, 1.807) is 0 Å². The van der Waals surface area contributed by atoms with Crippen LogP contribution in [-0.4, -0.2) is 29.0 Å². The van der Waals surface area contributed by atoms with Crippen LogP contribution in [0.5, 0.6) is 0 Å². The summed E-state index contributed by atoms with van der Waals surface area (Å²) < 4.78 is 12.7. The van der Waals surface area contributed by atoms with Gasteiger partial charge in [-0.1, -0.05) is 34.6 Å². The average Bonchev–Trinajstić information content (AvgIpc) is 2.65. The number of ether oxygens (including phenoxy) is 2. The second kappa shape index (κ2) is 8.62. The predicted molar refractivity (Wildman–Crippen MR) is 88.8 cm³/mol. The fraction of sp³-hybridized carbons (Fsp3) is 1.00. The topological polar surface area (TPSA) is 58.9 Å². The van der Waals surface area contributed by atoms with E-state index in [-0.39, 0.29) is 13.7 Å². The third-order valence-electron chi connectivity index (χ3n) is 5.92. The number of hydrogen-bond acceptors (Lipinski definition) is 4. The maximum absolute atomic E-state index is 6.43. The van der Waals surface area contributed by atoms with Gasteiger partial charge in [0.1, 0.15) is 0 Å². The zero-order chi connectivity index (χ0) is 15.6. The highest BCUT2D eigenvalue weighted by Crippen LogP contribution is 2.51. The van der Waals surface area contributed by atoms with Gasteiger partial charge in [0.05, 0.1) is 12.2 Å². The largest absolute Gasteiger partial charge is 0.349 e. The van der Waals surface area contributed by atoms with Gasteiger partial charge in [0, 0.05) is 5.92 Å². The molecule has 0 aromatic rings. The van der Waals surface area contributed by atoms with Crippen molar-refractivity contribution in [2.75, 3.05) is 0 Å². The fourth-order valence-corrected chi connectivity index (χ4v) is 4.97. The van der Waals surface area contributed by atoms with E-state index in [1.165, 1.54) is 32.1 Å². The summed E-state index contributed by atoms with van der Waals surface area (Å²) in [5.41, 5.74) is 0. The first-order chi connectivity index (χ1) is 10.1. The lowest BCUT2D eigenvalue weighted by Gasteiger charge is -2.51. The van der Waals surface area contributed by atoms with Gasteiger partial charge in [0.2, 0.25) is 0 Å². The van der Waals surface area contributed by atoms with Crippen LogP contribution in [-0.2, 0) is 9.47 Å². The molecule has 4 nitrogen and oxygen atoms in total. The monoisotopic (exact) mass is 316 g/mol. The molecule has 7 atom stereocenters. The number of rotatable bonds is 1. The van der Waals surface area contributed by atoms with Crippen LogP contribution in [0.25, 0.3) is 0 Å². The van der Waals surface area contributed by atoms with Crippen LogP contribution < -0.4 is 0 Å². The highest BCUT2D eigenvalue weighted by molar-refractivity contribution is 4.95. The van der Waals surface area contributed by atoms with Gasteiger partial charge in [0.15, 0.2) is 6.29 Å². The minimum absolute atomic E-state index is 0. The summed E-state index contributed by atoms with van der Waals surface area (Å²) in [4.78, 5) is 0. The summed E-state index contributed by atoms with van der Waals surface area (Å²) in [6.07, 6.45) is 7.61. The molecule has 1 aliphatic carbocycles. The molecule has 0 radical (unpaired) electrons. The summed E-state index contributed by atoms with van der Waals surface area (Å²) in [6.45, 7) is 9.23. The molecule has 0 aromatic heterocycles. The molecule has 0 spiro atoms. The fourth-order valence-electron chi connectivity index (χ4n) is 4.97. The third-order valence-corrected chi connectivity index (χ3v) is 5.92. The van der Waals surface area contributed by atoms with Gasteiger partial charge in [-0.25, -0.2) is 0 Å². The van der Waals surface area contributed by atoms with Gasteiger partial charge in [0.25, 0.3) is 0 Å². The number of hydrogen-bond donors (Lipinski definition) is 2. The molecule has 1 saturated carbocycles. The highest BCUT2D eigenvalue weighted by Gasteiger charge is 2.50. The van der Waals surface area contributed by atoms with Crippen molar-refractivity contribution >= 4 is 0 Å². The Morgan fingerprint density at radius 3 is 2.27 bits per heavy atom. The molecule has 3 rings (SSSR count). The van der Waals surface area contributed by atoms with Crippen molar-refractivity contribution in [3.05, 3.63) is 0 Å². The summed E-state index contributed by atoms with van der Waals surface area (Å²) in [5.74, 6) is 3.64. The Labute approximate surface area is 136 Å². The highest BCUT2D eigenvalue weighted by atomic mass is 17.0. The molecule has 132 valence electrons. The van der Waals surface area contributed by atoms with Crippen molar-refractivity contribution in [2.45, 2.75) is 85.7 Å². The van der Waals surface area contributed by atoms with Crippen molar-refractivity contribution in [1.29, 1.82) is 0 Å². The van der Waals surface area contributed by atoms with Crippen LogP contribution in [0.15, 0.2) is 0 Å². The third kappa shape index (κ3) is 3.84. The Morgan fingerprint density at radius 1 is 0.955 bits per heavy atom. The van der Waals surface area contributed by atoms with E-state index in [9.17, 15) is 0 Å². The molecule has 0 bridgehead atoms. The van der Waals surface area contributed by atoms with Gasteiger partial charge in [-0.05, 0) is 56.3 Å². The lowest BCUT2D eigenvalue weighted by Crippen LogP contribution is -2.53. The van der Waals surface area contributed by atoms with Gasteiger partial charge in [-0.15, -0.1) is 0 Å². The van der Waals surface area contributed by atoms with E-state index in [4.69, 9.17) is 20.0 Å². The Bertz CT molecular complexity index is 320. The van der Waals surface area contributed by atoms with Crippen molar-refractivity contribution < 1.29 is 20.0 Å². The standard InChI is InChI=1S/C17H30O2.CH4.H2O2/c1-10(2)16-12(4)14-7-5-6-13-9-8-11(3)18-17(19-16)15(13)14;;1-2/h10-17H,5-9H2,1-4H3;1H4;1-2H/t11?,12?,13-,14?,15?,16?,17?;;/m0../s1. The molecule has 2 N–H and O–H groups in total. The van der Waals surface area contributed by atoms with E-state index in [0.29, 0.717) is 30.0 Å². The van der Waals surface area contributed by atoms with Crippen molar-refractivity contribution in [3.8, 4) is 0 Å². The second-order valence-electron chi connectivity index (χ2n) is 7.53. The van der Waals surface area contributed by atoms with Crippen LogP contribution >= 0.6 is 0 Å². The molecule has 3 fully saturated rings. The predicted octanol–water partition coefficient (Wildman–Crippen LogP) is 4.89. The molecular formula is C18H36O4. The van der Waals surface area contributed by atoms with Crippen LogP contribution in [0.1, 0.15) is 67.2 Å². The van der Waals surface area contributed by atoms with Gasteiger partial charge in [-0.3, -0.25) is 10.5 Å². The van der Waals surface area contributed by atoms with Gasteiger partial charge in [-0.2, -0.15) is 0 Å². The van der Waals surface area contributed by atoms with Crippen molar-refractivity contribution in [2.24, 2.45) is 29.6 Å². The Morgan fingerprint density at radius 2 is 1.64 bits per heavy atom. The van der Waals surface area contributed by atoms with Crippen LogP contribution in [0, 0.1) is 29.6 Å². The Hall–Kier alpha value is -0.160. The van der Waals surface area contributed by atoms with Gasteiger partial charge >= 0.3 is 0 Å². The van der Waals surface area contributed by atoms with Crippen LogP contribution in [0.3, 0.4) is 0 Å². The first-order valence-corrected chi connectivity index (χ1v) is 8.59. The molecule has 0 aromatic carbocycles. The lowest BCUT2D eigenvalue weighted by molar-refractivity contribution is -0.281. The summed E-state index contributed by atoms with van der Waals surface area (Å²) >= 11 is 0. The lowest BCUT2D eigenvalue weighted by atomic mass is 9.63. The van der Waals surface area contributed by atoms with E-state index in [1.807, 2.05) is 0 Å². The average molecular weight is 316 g/mol. The molecular weight excluding hydrogens is 280 g/mol. The SMILES string of the molecule is C.CC1CC[C@@H]2CCCC3C(C)C(C(C)C)OC(O1)C32.OO. The molecule has 2 saturated heterocycles. The summed E-state index contributed by atoms with van der Waals surface area (Å²) in [5, 5.41) is 12.0. The zero-order valence-corrected chi connectivity index (χ0v) is 13.9. The molecule has 6 unspecified atom stereocenters. The van der Waals surface area contributed by atoms with Crippen molar-refractivity contribution in [1.82, 2.24) is 0 Å². The minimum atomic E-state index is 0. The zero-order valence-electron chi connectivity index (χ0n) is 13.9. The summed E-state index contributed by atoms with van der Waals surface area (Å²) in [7, 11) is 0. The van der Waals surface area contributed by atoms with E-state index in [0.717, 1.165) is 11.8 Å². The molecule has 2 aliphatic heterocycles. The Kier molecular flexibility index (Phi) is 7.80. The maximum Gasteiger partial charge on any atom is 0.161 e. The van der Waals surface area contributed by atoms with E-state index in [2.05, 4.69) is 27.7 Å². The van der Waals surface area contributed by atoms with Gasteiger partial charge < -0.3 is 9.47 Å². The van der Waals surface area contributed by atoms with E-state index >= 15 is 0 Å². The van der Waals surface area contributed by atoms with Crippen molar-refractivity contribution in [3.63, 3.8) is 0 Å². The molecule has 2 heterocycles. The molecule has 22 heavy (non-hydrogen) atoms. The Balaban J connectivity index is 0.000000775. The smallest absolute Gasteiger partial charge is 0.161 e. The molecule has 3 aliphatic rings. The first-order valence-electron chi connectivity index (χ1n) is 8.59. The molecule has 4 heteroatoms. The second-order valence-corrected chi connectivity index (χ2v) is 7.53.